The lowest BCUT2D eigenvalue weighted by Crippen LogP contribution is -2.28. The first kappa shape index (κ1) is 52.2. The van der Waals surface area contributed by atoms with Gasteiger partial charge in [-0.05, 0) is 38.5 Å². The van der Waals surface area contributed by atoms with Gasteiger partial charge in [-0.25, -0.2) is 0 Å². The third kappa shape index (κ3) is 42.2. The Kier molecular flexibility index (Phi) is 44.8. The molecule has 0 saturated carbocycles. The maximum absolute atomic E-state index is 11.8. The van der Waals surface area contributed by atoms with Crippen LogP contribution < -0.4 is 0 Å². The standard InChI is InChI=1S/C50H98O3/c1-3-5-7-9-11-13-15-17-18-19-20-21-22-23-24-25-26-27-28-29-30-31-32-33-34-35-37-39-41-43-45-47-49(51)48(50(52)53)46-44-42-40-38-36-16-14-12-10-8-6-4-2/h17-18,48-49,51H,3-16,19-47H2,1-2H3,(H,52,53)/b18-17-/t48-,49+/m0/s1. The molecule has 0 aromatic rings. The third-order valence-electron chi connectivity index (χ3n) is 11.9. The Morgan fingerprint density at radius 1 is 0.358 bits per heavy atom. The van der Waals surface area contributed by atoms with E-state index in [1.807, 2.05) is 0 Å². The Hall–Kier alpha value is -0.830. The maximum atomic E-state index is 11.8. The average molecular weight is 747 g/mol. The highest BCUT2D eigenvalue weighted by atomic mass is 16.4. The number of carbonyl (C=O) groups is 1. The summed E-state index contributed by atoms with van der Waals surface area (Å²) in [6, 6.07) is 0. The van der Waals surface area contributed by atoms with E-state index < -0.39 is 18.0 Å². The van der Waals surface area contributed by atoms with E-state index in [9.17, 15) is 15.0 Å². The number of allylic oxidation sites excluding steroid dienone is 2. The van der Waals surface area contributed by atoms with Gasteiger partial charge < -0.3 is 10.2 Å². The van der Waals surface area contributed by atoms with Crippen LogP contribution in [0.5, 0.6) is 0 Å². The zero-order valence-electron chi connectivity index (χ0n) is 36.5. The minimum absolute atomic E-state index is 0.579. The number of carboxylic acid groups (broad SMARTS) is 1. The minimum Gasteiger partial charge on any atom is -0.481 e. The van der Waals surface area contributed by atoms with Crippen molar-refractivity contribution in [3.63, 3.8) is 0 Å². The van der Waals surface area contributed by atoms with Gasteiger partial charge in [-0.15, -0.1) is 0 Å². The van der Waals surface area contributed by atoms with Gasteiger partial charge in [-0.2, -0.15) is 0 Å². The third-order valence-corrected chi connectivity index (χ3v) is 11.9. The van der Waals surface area contributed by atoms with Crippen molar-refractivity contribution >= 4 is 5.97 Å². The Morgan fingerprint density at radius 2 is 0.585 bits per heavy atom. The summed E-state index contributed by atoms with van der Waals surface area (Å²) in [5.41, 5.74) is 0. The van der Waals surface area contributed by atoms with E-state index in [0.29, 0.717) is 12.8 Å². The number of carboxylic acids is 1. The van der Waals surface area contributed by atoms with Gasteiger partial charge in [0.2, 0.25) is 0 Å². The predicted octanol–water partition coefficient (Wildman–Crippen LogP) is 17.4. The van der Waals surface area contributed by atoms with Crippen LogP contribution in [0.1, 0.15) is 290 Å². The molecular weight excluding hydrogens is 649 g/mol. The minimum atomic E-state index is -0.806. The van der Waals surface area contributed by atoms with Crippen LogP contribution in [0.15, 0.2) is 12.2 Å². The van der Waals surface area contributed by atoms with Crippen LogP contribution in [0.25, 0.3) is 0 Å². The van der Waals surface area contributed by atoms with Crippen LogP contribution in [0, 0.1) is 5.92 Å². The first-order chi connectivity index (χ1) is 26.1. The van der Waals surface area contributed by atoms with Crippen LogP contribution in [0.3, 0.4) is 0 Å². The quantitative estimate of drug-likeness (QED) is 0.0482. The largest absolute Gasteiger partial charge is 0.481 e. The van der Waals surface area contributed by atoms with Crippen molar-refractivity contribution in [2.24, 2.45) is 5.92 Å². The summed E-state index contributed by atoms with van der Waals surface area (Å²) in [6.07, 6.45) is 60.6. The highest BCUT2D eigenvalue weighted by Gasteiger charge is 2.25. The summed E-state index contributed by atoms with van der Waals surface area (Å²) < 4.78 is 0. The highest BCUT2D eigenvalue weighted by molar-refractivity contribution is 5.70. The molecule has 0 aliphatic rings. The van der Waals surface area contributed by atoms with Crippen molar-refractivity contribution in [3.8, 4) is 0 Å². The van der Waals surface area contributed by atoms with Crippen molar-refractivity contribution in [2.45, 2.75) is 296 Å². The predicted molar refractivity (Wildman–Crippen MR) is 236 cm³/mol. The number of rotatable bonds is 46. The molecule has 3 heteroatoms. The molecular formula is C50H98O3. The molecule has 0 saturated heterocycles. The summed E-state index contributed by atoms with van der Waals surface area (Å²) in [5, 5.41) is 20.3. The summed E-state index contributed by atoms with van der Waals surface area (Å²) in [4.78, 5) is 11.8. The van der Waals surface area contributed by atoms with Gasteiger partial charge >= 0.3 is 5.97 Å². The Balaban J connectivity index is 3.37. The number of hydrogen-bond donors (Lipinski definition) is 2. The Morgan fingerprint density at radius 3 is 0.849 bits per heavy atom. The van der Waals surface area contributed by atoms with Gasteiger partial charge in [-0.1, -0.05) is 264 Å². The molecule has 0 rings (SSSR count). The van der Waals surface area contributed by atoms with E-state index in [1.54, 1.807) is 0 Å². The number of aliphatic hydroxyl groups is 1. The second kappa shape index (κ2) is 45.6. The summed E-state index contributed by atoms with van der Waals surface area (Å²) in [7, 11) is 0. The lowest BCUT2D eigenvalue weighted by molar-refractivity contribution is -0.146. The molecule has 53 heavy (non-hydrogen) atoms. The van der Waals surface area contributed by atoms with E-state index in [0.717, 1.165) is 25.7 Å². The first-order valence-corrected chi connectivity index (χ1v) is 24.7. The van der Waals surface area contributed by atoms with Gasteiger partial charge in [0.25, 0.3) is 0 Å². The first-order valence-electron chi connectivity index (χ1n) is 24.7. The molecule has 0 aromatic heterocycles. The number of unbranched alkanes of at least 4 members (excludes halogenated alkanes) is 38. The van der Waals surface area contributed by atoms with Gasteiger partial charge in [0.15, 0.2) is 0 Å². The van der Waals surface area contributed by atoms with E-state index in [4.69, 9.17) is 0 Å². The second-order valence-electron chi connectivity index (χ2n) is 17.2. The zero-order chi connectivity index (χ0) is 38.6. The smallest absolute Gasteiger partial charge is 0.309 e. The molecule has 0 amide bonds. The van der Waals surface area contributed by atoms with Crippen LogP contribution in [-0.4, -0.2) is 22.3 Å². The van der Waals surface area contributed by atoms with E-state index in [-0.39, 0.29) is 0 Å². The van der Waals surface area contributed by atoms with E-state index >= 15 is 0 Å². The fourth-order valence-electron chi connectivity index (χ4n) is 8.14. The summed E-state index contributed by atoms with van der Waals surface area (Å²) >= 11 is 0. The number of hydrogen-bond acceptors (Lipinski definition) is 2. The number of aliphatic hydroxyl groups excluding tert-OH is 1. The lowest BCUT2D eigenvalue weighted by atomic mass is 9.91. The summed E-state index contributed by atoms with van der Waals surface area (Å²) in [6.45, 7) is 4.56. The molecule has 316 valence electrons. The van der Waals surface area contributed by atoms with Crippen molar-refractivity contribution in [1.82, 2.24) is 0 Å². The van der Waals surface area contributed by atoms with Crippen LogP contribution in [0.4, 0.5) is 0 Å². The lowest BCUT2D eigenvalue weighted by Gasteiger charge is -2.19. The zero-order valence-corrected chi connectivity index (χ0v) is 36.5. The highest BCUT2D eigenvalue weighted by Crippen LogP contribution is 2.21. The summed E-state index contributed by atoms with van der Waals surface area (Å²) in [5.74, 6) is -1.38. The van der Waals surface area contributed by atoms with Gasteiger partial charge in [0.1, 0.15) is 0 Å². The molecule has 2 N–H and O–H groups in total. The van der Waals surface area contributed by atoms with Crippen LogP contribution in [0.2, 0.25) is 0 Å². The van der Waals surface area contributed by atoms with Gasteiger partial charge in [0.05, 0.1) is 12.0 Å². The van der Waals surface area contributed by atoms with Crippen LogP contribution in [-0.2, 0) is 4.79 Å². The van der Waals surface area contributed by atoms with Gasteiger partial charge in [0, 0.05) is 0 Å². The second-order valence-corrected chi connectivity index (χ2v) is 17.2. The van der Waals surface area contributed by atoms with Crippen molar-refractivity contribution in [3.05, 3.63) is 12.2 Å². The van der Waals surface area contributed by atoms with E-state index in [2.05, 4.69) is 26.0 Å². The monoisotopic (exact) mass is 747 g/mol. The topological polar surface area (TPSA) is 57.5 Å². The molecule has 0 aliphatic carbocycles. The fourth-order valence-corrected chi connectivity index (χ4v) is 8.14. The fraction of sp³-hybridized carbons (Fsp3) is 0.940. The van der Waals surface area contributed by atoms with Gasteiger partial charge in [-0.3, -0.25) is 4.79 Å². The van der Waals surface area contributed by atoms with E-state index in [1.165, 1.54) is 238 Å². The molecule has 3 nitrogen and oxygen atoms in total. The van der Waals surface area contributed by atoms with Crippen molar-refractivity contribution in [2.75, 3.05) is 0 Å². The average Bonchev–Trinajstić information content (AvgIpc) is 3.15. The molecule has 2 atom stereocenters. The Bertz CT molecular complexity index is 717. The molecule has 0 unspecified atom stereocenters. The van der Waals surface area contributed by atoms with Crippen LogP contribution >= 0.6 is 0 Å². The number of aliphatic carboxylic acids is 1. The van der Waals surface area contributed by atoms with Crippen molar-refractivity contribution in [1.29, 1.82) is 0 Å². The van der Waals surface area contributed by atoms with Crippen molar-refractivity contribution < 1.29 is 15.0 Å². The molecule has 0 aromatic carbocycles. The molecule has 0 radical (unpaired) electrons. The SMILES string of the molecule is CCCCCCCC/C=C\CCCCCCCCCCCCCCCCCCCCCCC[C@@H](O)[C@H](CCCCCCCCCCCCCC)C(=O)O. The molecule has 0 spiro atoms. The molecule has 0 bridgehead atoms. The molecule has 0 heterocycles. The maximum Gasteiger partial charge on any atom is 0.309 e. The Labute approximate surface area is 334 Å². The molecule has 0 aliphatic heterocycles. The molecule has 0 fully saturated rings. The normalized spacial score (nSPS) is 13.0.